The highest BCUT2D eigenvalue weighted by Crippen LogP contribution is 2.44. The Morgan fingerprint density at radius 1 is 1.23 bits per heavy atom. The summed E-state index contributed by atoms with van der Waals surface area (Å²) in [6.07, 6.45) is -2.00. The zero-order valence-electron chi connectivity index (χ0n) is 16.7. The van der Waals surface area contributed by atoms with Crippen molar-refractivity contribution in [3.05, 3.63) is 63.2 Å². The first-order valence-corrected chi connectivity index (χ1v) is 10.5. The molecule has 6 nitrogen and oxygen atoms in total. The van der Waals surface area contributed by atoms with Crippen molar-refractivity contribution in [2.24, 2.45) is 0 Å². The molecule has 4 rings (SSSR count). The Kier molecular flexibility index (Phi) is 6.14. The second kappa shape index (κ2) is 8.65. The molecule has 3 N–H and O–H groups in total. The molecule has 160 valence electrons. The summed E-state index contributed by atoms with van der Waals surface area (Å²) in [6, 6.07) is 9.37. The largest absolute Gasteiger partial charge is 0.491 e. The Balaban J connectivity index is 1.68. The summed E-state index contributed by atoms with van der Waals surface area (Å²) < 4.78 is 11.7. The van der Waals surface area contributed by atoms with Crippen LogP contribution in [0.1, 0.15) is 52.1 Å². The van der Waals surface area contributed by atoms with E-state index in [2.05, 4.69) is 0 Å². The smallest absolute Gasteiger partial charge is 0.159 e. The first kappa shape index (κ1) is 21.3. The molecule has 2 aromatic carbocycles. The van der Waals surface area contributed by atoms with Gasteiger partial charge in [-0.2, -0.15) is 0 Å². The number of hydrogen-bond acceptors (Lipinski definition) is 6. The SMILES string of the molecule is CC(=O)c1ccc(Cc2cc(C3CC(O)[C@H](O)C(CO)O3)c3c(c2Cl)OCC3)cc1. The monoisotopic (exact) mass is 432 g/mol. The molecule has 2 aromatic rings. The number of carbonyl (C=O) groups excluding carboxylic acids is 1. The number of Topliss-reactive ketones (excluding diaryl/α,β-unsaturated/α-hetero) is 1. The highest BCUT2D eigenvalue weighted by Gasteiger charge is 2.39. The number of carbonyl (C=O) groups is 1. The van der Waals surface area contributed by atoms with Crippen molar-refractivity contribution in [1.82, 2.24) is 0 Å². The van der Waals surface area contributed by atoms with Gasteiger partial charge in [0.05, 0.1) is 30.4 Å². The molecule has 0 radical (unpaired) electrons. The first-order valence-electron chi connectivity index (χ1n) is 10.1. The second-order valence-electron chi connectivity index (χ2n) is 7.91. The van der Waals surface area contributed by atoms with Crippen molar-refractivity contribution < 1.29 is 29.6 Å². The van der Waals surface area contributed by atoms with Gasteiger partial charge in [0, 0.05) is 24.0 Å². The van der Waals surface area contributed by atoms with Gasteiger partial charge in [-0.25, -0.2) is 0 Å². The summed E-state index contributed by atoms with van der Waals surface area (Å²) in [5, 5.41) is 30.4. The number of halogens is 1. The van der Waals surface area contributed by atoms with Crippen LogP contribution in [0.15, 0.2) is 30.3 Å². The van der Waals surface area contributed by atoms with Crippen molar-refractivity contribution in [3.63, 3.8) is 0 Å². The molecule has 0 spiro atoms. The fourth-order valence-corrected chi connectivity index (χ4v) is 4.50. The summed E-state index contributed by atoms with van der Waals surface area (Å²) in [4.78, 5) is 11.5. The normalized spacial score (nSPS) is 25.6. The number of hydrogen-bond donors (Lipinski definition) is 3. The molecule has 0 aliphatic carbocycles. The third-order valence-electron chi connectivity index (χ3n) is 5.88. The van der Waals surface area contributed by atoms with E-state index in [0.717, 1.165) is 22.3 Å². The van der Waals surface area contributed by atoms with Gasteiger partial charge in [-0.15, -0.1) is 0 Å². The van der Waals surface area contributed by atoms with E-state index < -0.39 is 24.4 Å². The number of ketones is 1. The first-order chi connectivity index (χ1) is 14.4. The third-order valence-corrected chi connectivity index (χ3v) is 6.30. The molecule has 1 fully saturated rings. The Bertz CT molecular complexity index is 942. The van der Waals surface area contributed by atoms with E-state index in [1.165, 1.54) is 6.92 Å². The Morgan fingerprint density at radius 2 is 1.97 bits per heavy atom. The number of aliphatic hydroxyl groups excluding tert-OH is 3. The molecule has 1 saturated heterocycles. The van der Waals surface area contributed by atoms with Gasteiger partial charge in [0.25, 0.3) is 0 Å². The maximum Gasteiger partial charge on any atom is 0.159 e. The van der Waals surface area contributed by atoms with Crippen LogP contribution in [0.25, 0.3) is 0 Å². The predicted octanol–water partition coefficient (Wildman–Crippen LogP) is 2.61. The van der Waals surface area contributed by atoms with Gasteiger partial charge in [0.1, 0.15) is 18.0 Å². The van der Waals surface area contributed by atoms with E-state index in [4.69, 9.17) is 21.1 Å². The Hall–Kier alpha value is -1.96. The lowest BCUT2D eigenvalue weighted by Crippen LogP contribution is -2.47. The van der Waals surface area contributed by atoms with Crippen molar-refractivity contribution in [1.29, 1.82) is 0 Å². The minimum absolute atomic E-state index is 0.0152. The summed E-state index contributed by atoms with van der Waals surface area (Å²) in [5.74, 6) is 0.649. The van der Waals surface area contributed by atoms with Crippen LogP contribution in [-0.4, -0.2) is 52.6 Å². The average Bonchev–Trinajstić information content (AvgIpc) is 3.23. The Morgan fingerprint density at radius 3 is 2.63 bits per heavy atom. The standard InChI is InChI=1S/C23H25ClO6/c1-12(26)14-4-2-13(3-5-14)8-15-9-17(16-6-7-29-23(16)21(15)24)19-10-18(27)22(28)20(11-25)30-19/h2-5,9,18-20,22,25,27-28H,6-8,10-11H2,1H3/t18?,19?,20?,22-/m0/s1. The summed E-state index contributed by atoms with van der Waals surface area (Å²) in [5.41, 5.74) is 4.32. The summed E-state index contributed by atoms with van der Waals surface area (Å²) in [7, 11) is 0. The lowest BCUT2D eigenvalue weighted by molar-refractivity contribution is -0.181. The van der Waals surface area contributed by atoms with Gasteiger partial charge in [-0.3, -0.25) is 4.79 Å². The highest BCUT2D eigenvalue weighted by molar-refractivity contribution is 6.33. The molecule has 0 amide bonds. The van der Waals surface area contributed by atoms with Crippen LogP contribution < -0.4 is 4.74 Å². The van der Waals surface area contributed by atoms with Gasteiger partial charge >= 0.3 is 0 Å². The minimum atomic E-state index is -1.12. The molecule has 0 saturated carbocycles. The number of fused-ring (bicyclic) bond motifs is 1. The van der Waals surface area contributed by atoms with Crippen LogP contribution in [0.4, 0.5) is 0 Å². The fourth-order valence-electron chi connectivity index (χ4n) is 4.21. The van der Waals surface area contributed by atoms with Gasteiger partial charge in [-0.05, 0) is 30.0 Å². The van der Waals surface area contributed by atoms with Crippen LogP contribution in [-0.2, 0) is 17.6 Å². The van der Waals surface area contributed by atoms with E-state index >= 15 is 0 Å². The van der Waals surface area contributed by atoms with Crippen LogP contribution in [0.5, 0.6) is 5.75 Å². The molecule has 0 bridgehead atoms. The molecular weight excluding hydrogens is 408 g/mol. The number of rotatable bonds is 5. The van der Waals surface area contributed by atoms with Crippen molar-refractivity contribution in [2.45, 2.75) is 50.6 Å². The summed E-state index contributed by atoms with van der Waals surface area (Å²) in [6.45, 7) is 1.67. The maximum atomic E-state index is 11.5. The maximum absolute atomic E-state index is 11.5. The topological polar surface area (TPSA) is 96.2 Å². The molecule has 3 unspecified atom stereocenters. The fraction of sp³-hybridized carbons (Fsp3) is 0.435. The molecule has 7 heteroatoms. The van der Waals surface area contributed by atoms with Crippen LogP contribution >= 0.6 is 11.6 Å². The number of aliphatic hydroxyl groups is 3. The van der Waals surface area contributed by atoms with Crippen LogP contribution in [0, 0.1) is 0 Å². The van der Waals surface area contributed by atoms with Gasteiger partial charge in [0.2, 0.25) is 0 Å². The van der Waals surface area contributed by atoms with Gasteiger partial charge < -0.3 is 24.8 Å². The van der Waals surface area contributed by atoms with E-state index in [1.807, 2.05) is 18.2 Å². The van der Waals surface area contributed by atoms with Crippen LogP contribution in [0.3, 0.4) is 0 Å². The molecule has 4 atom stereocenters. The molecule has 2 heterocycles. The van der Waals surface area contributed by atoms with E-state index in [-0.39, 0.29) is 18.8 Å². The molecule has 2 aliphatic heterocycles. The average molecular weight is 433 g/mol. The number of benzene rings is 2. The minimum Gasteiger partial charge on any atom is -0.491 e. The van der Waals surface area contributed by atoms with E-state index in [9.17, 15) is 20.1 Å². The summed E-state index contributed by atoms with van der Waals surface area (Å²) >= 11 is 6.66. The van der Waals surface area contributed by atoms with E-state index in [0.29, 0.717) is 35.8 Å². The molecule has 2 aliphatic rings. The van der Waals surface area contributed by atoms with Gasteiger partial charge in [-0.1, -0.05) is 41.9 Å². The third kappa shape index (κ3) is 3.98. The van der Waals surface area contributed by atoms with Crippen molar-refractivity contribution >= 4 is 17.4 Å². The zero-order valence-corrected chi connectivity index (χ0v) is 17.4. The lowest BCUT2D eigenvalue weighted by Gasteiger charge is -2.37. The molecular formula is C23H25ClO6. The zero-order chi connectivity index (χ0) is 21.4. The second-order valence-corrected chi connectivity index (χ2v) is 8.29. The highest BCUT2D eigenvalue weighted by atomic mass is 35.5. The van der Waals surface area contributed by atoms with Crippen molar-refractivity contribution in [3.8, 4) is 5.75 Å². The lowest BCUT2D eigenvalue weighted by atomic mass is 9.88. The van der Waals surface area contributed by atoms with Gasteiger partial charge in [0.15, 0.2) is 5.78 Å². The number of ether oxygens (including phenoxy) is 2. The predicted molar refractivity (Wildman–Crippen MR) is 111 cm³/mol. The van der Waals surface area contributed by atoms with Crippen molar-refractivity contribution in [2.75, 3.05) is 13.2 Å². The van der Waals surface area contributed by atoms with E-state index in [1.54, 1.807) is 12.1 Å². The molecule has 0 aromatic heterocycles. The van der Waals surface area contributed by atoms with Crippen LogP contribution in [0.2, 0.25) is 5.02 Å². The quantitative estimate of drug-likeness (QED) is 0.628. The molecule has 30 heavy (non-hydrogen) atoms. The Labute approximate surface area is 180 Å².